The van der Waals surface area contributed by atoms with Gasteiger partial charge in [-0.2, -0.15) is 0 Å². The first-order chi connectivity index (χ1) is 7.59. The maximum absolute atomic E-state index is 13.0. The Morgan fingerprint density at radius 1 is 1.50 bits per heavy atom. The van der Waals surface area contributed by atoms with Gasteiger partial charge in [-0.1, -0.05) is 11.3 Å². The standard InChI is InChI=1S/C10H10FIN4/c1-16-9(5-14-15-16)10(13)7-3-2-6(11)4-8(7)12/h2-5,10H,13H2,1H3. The molecule has 2 aromatic rings. The van der Waals surface area contributed by atoms with E-state index in [0.717, 1.165) is 14.8 Å². The first-order valence-corrected chi connectivity index (χ1v) is 5.72. The SMILES string of the molecule is Cn1nncc1C(N)c1ccc(F)cc1I. The van der Waals surface area contributed by atoms with Crippen LogP contribution < -0.4 is 5.73 Å². The van der Waals surface area contributed by atoms with Gasteiger partial charge >= 0.3 is 0 Å². The van der Waals surface area contributed by atoms with Crippen molar-refractivity contribution in [2.45, 2.75) is 6.04 Å². The Kier molecular flexibility index (Phi) is 3.20. The molecule has 84 valence electrons. The minimum absolute atomic E-state index is 0.261. The number of aromatic nitrogens is 3. The van der Waals surface area contributed by atoms with E-state index in [-0.39, 0.29) is 11.9 Å². The molecule has 0 fully saturated rings. The molecule has 0 aliphatic rings. The second-order valence-electron chi connectivity index (χ2n) is 3.43. The quantitative estimate of drug-likeness (QED) is 0.850. The number of rotatable bonds is 2. The van der Waals surface area contributed by atoms with Crippen LogP contribution in [0.25, 0.3) is 0 Å². The van der Waals surface area contributed by atoms with E-state index in [4.69, 9.17) is 5.73 Å². The molecule has 0 saturated heterocycles. The van der Waals surface area contributed by atoms with Gasteiger partial charge in [-0.3, -0.25) is 4.68 Å². The number of aryl methyl sites for hydroxylation is 1. The van der Waals surface area contributed by atoms with Crippen LogP contribution in [-0.4, -0.2) is 15.0 Å². The van der Waals surface area contributed by atoms with Gasteiger partial charge in [0.25, 0.3) is 0 Å². The minimum Gasteiger partial charge on any atom is -0.319 e. The molecule has 1 unspecified atom stereocenters. The molecular formula is C10H10FIN4. The van der Waals surface area contributed by atoms with Crippen LogP contribution in [-0.2, 0) is 7.05 Å². The Balaban J connectivity index is 2.41. The second kappa shape index (κ2) is 4.46. The van der Waals surface area contributed by atoms with Crippen molar-refractivity contribution < 1.29 is 4.39 Å². The Bertz CT molecular complexity index is 511. The van der Waals surface area contributed by atoms with E-state index in [1.165, 1.54) is 12.1 Å². The minimum atomic E-state index is -0.340. The molecule has 0 saturated carbocycles. The lowest BCUT2D eigenvalue weighted by Gasteiger charge is -2.13. The number of hydrogen-bond acceptors (Lipinski definition) is 3. The molecule has 0 aliphatic heterocycles. The van der Waals surface area contributed by atoms with Gasteiger partial charge < -0.3 is 5.73 Å². The zero-order chi connectivity index (χ0) is 11.7. The van der Waals surface area contributed by atoms with E-state index in [1.807, 2.05) is 0 Å². The van der Waals surface area contributed by atoms with Crippen LogP contribution in [0.5, 0.6) is 0 Å². The summed E-state index contributed by atoms with van der Waals surface area (Å²) in [5.74, 6) is -0.261. The summed E-state index contributed by atoms with van der Waals surface area (Å²) in [6, 6.07) is 4.21. The maximum Gasteiger partial charge on any atom is 0.124 e. The Morgan fingerprint density at radius 2 is 2.25 bits per heavy atom. The largest absolute Gasteiger partial charge is 0.319 e. The van der Waals surface area contributed by atoms with Crippen LogP contribution in [0, 0.1) is 9.39 Å². The summed E-state index contributed by atoms with van der Waals surface area (Å²) in [7, 11) is 1.78. The lowest BCUT2D eigenvalue weighted by Crippen LogP contribution is -2.17. The van der Waals surface area contributed by atoms with Crippen LogP contribution in [0.4, 0.5) is 4.39 Å². The van der Waals surface area contributed by atoms with Gasteiger partial charge in [0.15, 0.2) is 0 Å². The van der Waals surface area contributed by atoms with Gasteiger partial charge in [0, 0.05) is 10.6 Å². The van der Waals surface area contributed by atoms with Gasteiger partial charge in [-0.25, -0.2) is 4.39 Å². The third kappa shape index (κ3) is 2.07. The molecule has 0 amide bonds. The number of nitrogens with two attached hydrogens (primary N) is 1. The molecule has 16 heavy (non-hydrogen) atoms. The summed E-state index contributed by atoms with van der Waals surface area (Å²) in [6.07, 6.45) is 1.62. The first-order valence-electron chi connectivity index (χ1n) is 4.64. The van der Waals surface area contributed by atoms with Crippen molar-refractivity contribution in [2.75, 3.05) is 0 Å². The third-order valence-electron chi connectivity index (χ3n) is 2.37. The molecule has 4 nitrogen and oxygen atoms in total. The van der Waals surface area contributed by atoms with Crippen LogP contribution >= 0.6 is 22.6 Å². The third-order valence-corrected chi connectivity index (χ3v) is 3.30. The highest BCUT2D eigenvalue weighted by atomic mass is 127. The average molecular weight is 332 g/mol. The van der Waals surface area contributed by atoms with E-state index in [9.17, 15) is 4.39 Å². The van der Waals surface area contributed by atoms with Crippen molar-refractivity contribution in [3.63, 3.8) is 0 Å². The van der Waals surface area contributed by atoms with Crippen molar-refractivity contribution in [1.82, 2.24) is 15.0 Å². The summed E-state index contributed by atoms with van der Waals surface area (Å²) < 4.78 is 15.4. The lowest BCUT2D eigenvalue weighted by molar-refractivity contribution is 0.622. The number of nitrogens with zero attached hydrogens (tertiary/aromatic N) is 3. The van der Waals surface area contributed by atoms with Crippen molar-refractivity contribution >= 4 is 22.6 Å². The highest BCUT2D eigenvalue weighted by molar-refractivity contribution is 14.1. The van der Waals surface area contributed by atoms with E-state index >= 15 is 0 Å². The summed E-state index contributed by atoms with van der Waals surface area (Å²) >= 11 is 2.07. The monoisotopic (exact) mass is 332 g/mol. The Morgan fingerprint density at radius 3 is 2.81 bits per heavy atom. The smallest absolute Gasteiger partial charge is 0.124 e. The summed E-state index contributed by atoms with van der Waals surface area (Å²) in [5.41, 5.74) is 7.75. The first kappa shape index (κ1) is 11.5. The van der Waals surface area contributed by atoms with Crippen molar-refractivity contribution in [1.29, 1.82) is 0 Å². The fraction of sp³-hybridized carbons (Fsp3) is 0.200. The fourth-order valence-electron chi connectivity index (χ4n) is 1.49. The molecule has 0 bridgehead atoms. The van der Waals surface area contributed by atoms with Gasteiger partial charge in [-0.15, -0.1) is 5.10 Å². The van der Waals surface area contributed by atoms with E-state index in [2.05, 4.69) is 32.9 Å². The van der Waals surface area contributed by atoms with Crippen LogP contribution in [0.2, 0.25) is 0 Å². The van der Waals surface area contributed by atoms with Crippen molar-refractivity contribution in [3.8, 4) is 0 Å². The molecule has 6 heteroatoms. The van der Waals surface area contributed by atoms with Crippen LogP contribution in [0.15, 0.2) is 24.4 Å². The molecule has 1 aromatic carbocycles. The van der Waals surface area contributed by atoms with Gasteiger partial charge in [0.05, 0.1) is 17.9 Å². The molecule has 0 spiro atoms. The Hall–Kier alpha value is -1.02. The van der Waals surface area contributed by atoms with Gasteiger partial charge in [0.1, 0.15) is 5.82 Å². The molecule has 1 aromatic heterocycles. The topological polar surface area (TPSA) is 56.7 Å². The molecule has 1 atom stereocenters. The number of halogens is 2. The molecule has 0 radical (unpaired) electrons. The number of hydrogen-bond donors (Lipinski definition) is 1. The average Bonchev–Trinajstić information content (AvgIpc) is 2.63. The summed E-state index contributed by atoms with van der Waals surface area (Å²) in [6.45, 7) is 0. The molecule has 2 rings (SSSR count). The van der Waals surface area contributed by atoms with Gasteiger partial charge in [-0.05, 0) is 40.3 Å². The van der Waals surface area contributed by atoms with Gasteiger partial charge in [0.2, 0.25) is 0 Å². The van der Waals surface area contributed by atoms with E-state index in [1.54, 1.807) is 24.0 Å². The van der Waals surface area contributed by atoms with E-state index < -0.39 is 0 Å². The molecule has 1 heterocycles. The predicted molar refractivity (Wildman–Crippen MR) is 66.2 cm³/mol. The predicted octanol–water partition coefficient (Wildman–Crippen LogP) is 1.61. The normalized spacial score (nSPS) is 12.8. The Labute approximate surface area is 106 Å². The summed E-state index contributed by atoms with van der Waals surface area (Å²) in [5, 5.41) is 7.59. The molecule has 2 N–H and O–H groups in total. The van der Waals surface area contributed by atoms with Crippen LogP contribution in [0.1, 0.15) is 17.3 Å². The zero-order valence-corrected chi connectivity index (χ0v) is 10.7. The second-order valence-corrected chi connectivity index (χ2v) is 4.59. The zero-order valence-electron chi connectivity index (χ0n) is 8.56. The fourth-order valence-corrected chi connectivity index (χ4v) is 2.31. The molecule has 0 aliphatic carbocycles. The van der Waals surface area contributed by atoms with Crippen LogP contribution in [0.3, 0.4) is 0 Å². The highest BCUT2D eigenvalue weighted by Crippen LogP contribution is 2.23. The van der Waals surface area contributed by atoms with Crippen molar-refractivity contribution in [2.24, 2.45) is 12.8 Å². The van der Waals surface area contributed by atoms with E-state index in [0.29, 0.717) is 0 Å². The highest BCUT2D eigenvalue weighted by Gasteiger charge is 2.16. The summed E-state index contributed by atoms with van der Waals surface area (Å²) in [4.78, 5) is 0. The lowest BCUT2D eigenvalue weighted by atomic mass is 10.1. The molecular weight excluding hydrogens is 322 g/mol. The number of benzene rings is 1. The van der Waals surface area contributed by atoms with Crippen molar-refractivity contribution in [3.05, 3.63) is 45.0 Å². The maximum atomic E-state index is 13.0.